The van der Waals surface area contributed by atoms with Gasteiger partial charge in [0.1, 0.15) is 5.69 Å². The first kappa shape index (κ1) is 10.9. The summed E-state index contributed by atoms with van der Waals surface area (Å²) in [5.74, 6) is 0.874. The van der Waals surface area contributed by atoms with Crippen molar-refractivity contribution in [1.82, 2.24) is 9.97 Å². The summed E-state index contributed by atoms with van der Waals surface area (Å²) < 4.78 is 5.13. The molecule has 78 valence electrons. The monoisotopic (exact) mass is 195 g/mol. The van der Waals surface area contributed by atoms with E-state index in [2.05, 4.69) is 16.9 Å². The molecule has 0 spiro atoms. The molecule has 0 saturated heterocycles. The van der Waals surface area contributed by atoms with Gasteiger partial charge in [0, 0.05) is 24.4 Å². The molecule has 0 aromatic carbocycles. The van der Waals surface area contributed by atoms with Crippen molar-refractivity contribution in [3.8, 4) is 5.88 Å². The van der Waals surface area contributed by atoms with E-state index in [1.165, 1.54) is 0 Å². The molecule has 1 rings (SSSR count). The van der Waals surface area contributed by atoms with Gasteiger partial charge in [0.25, 0.3) is 0 Å². The summed E-state index contributed by atoms with van der Waals surface area (Å²) in [5.41, 5.74) is 6.61. The van der Waals surface area contributed by atoms with Crippen LogP contribution in [0.15, 0.2) is 12.4 Å². The third-order valence-corrected chi connectivity index (χ3v) is 2.08. The molecule has 0 fully saturated rings. The zero-order chi connectivity index (χ0) is 10.6. The standard InChI is InChI=1S/C10H17N3O/c1-7(6-8(2)11)9-10(14-3)13-5-4-12-9/h4-5,7-8H,6,11H2,1-3H3. The maximum absolute atomic E-state index is 5.73. The molecule has 0 aliphatic rings. The molecule has 2 atom stereocenters. The summed E-state index contributed by atoms with van der Waals surface area (Å²) in [5, 5.41) is 0. The fourth-order valence-electron chi connectivity index (χ4n) is 1.50. The van der Waals surface area contributed by atoms with Crippen LogP contribution in [0.4, 0.5) is 0 Å². The van der Waals surface area contributed by atoms with Gasteiger partial charge in [-0.25, -0.2) is 4.98 Å². The third kappa shape index (κ3) is 2.67. The molecular formula is C10H17N3O. The van der Waals surface area contributed by atoms with Gasteiger partial charge in [0.05, 0.1) is 7.11 Å². The van der Waals surface area contributed by atoms with E-state index in [1.807, 2.05) is 6.92 Å². The number of nitrogens with two attached hydrogens (primary N) is 1. The predicted octanol–water partition coefficient (Wildman–Crippen LogP) is 1.33. The fourth-order valence-corrected chi connectivity index (χ4v) is 1.50. The summed E-state index contributed by atoms with van der Waals surface area (Å²) in [7, 11) is 1.60. The van der Waals surface area contributed by atoms with E-state index >= 15 is 0 Å². The van der Waals surface area contributed by atoms with Gasteiger partial charge >= 0.3 is 0 Å². The second-order valence-corrected chi connectivity index (χ2v) is 3.56. The average Bonchev–Trinajstić information content (AvgIpc) is 2.16. The number of hydrogen-bond acceptors (Lipinski definition) is 4. The molecule has 2 unspecified atom stereocenters. The highest BCUT2D eigenvalue weighted by molar-refractivity contribution is 5.21. The molecule has 0 radical (unpaired) electrons. The lowest BCUT2D eigenvalue weighted by Gasteiger charge is -2.14. The van der Waals surface area contributed by atoms with Crippen LogP contribution < -0.4 is 10.5 Å². The first-order chi connectivity index (χ1) is 6.65. The van der Waals surface area contributed by atoms with Crippen LogP contribution in [0, 0.1) is 0 Å². The van der Waals surface area contributed by atoms with Crippen molar-refractivity contribution in [2.24, 2.45) is 5.73 Å². The van der Waals surface area contributed by atoms with E-state index in [0.29, 0.717) is 5.88 Å². The first-order valence-electron chi connectivity index (χ1n) is 4.75. The third-order valence-electron chi connectivity index (χ3n) is 2.08. The minimum atomic E-state index is 0.164. The second kappa shape index (κ2) is 4.91. The normalized spacial score (nSPS) is 14.9. The van der Waals surface area contributed by atoms with Crippen LogP contribution in [-0.4, -0.2) is 23.1 Å². The highest BCUT2D eigenvalue weighted by atomic mass is 16.5. The molecule has 0 bridgehead atoms. The Morgan fingerprint density at radius 3 is 2.57 bits per heavy atom. The Morgan fingerprint density at radius 2 is 2.00 bits per heavy atom. The van der Waals surface area contributed by atoms with Crippen LogP contribution in [0.2, 0.25) is 0 Å². The number of nitrogens with zero attached hydrogens (tertiary/aromatic N) is 2. The quantitative estimate of drug-likeness (QED) is 0.787. The average molecular weight is 195 g/mol. The highest BCUT2D eigenvalue weighted by Crippen LogP contribution is 2.24. The molecule has 1 heterocycles. The van der Waals surface area contributed by atoms with Gasteiger partial charge in [-0.3, -0.25) is 4.98 Å². The van der Waals surface area contributed by atoms with E-state index in [4.69, 9.17) is 10.5 Å². The van der Waals surface area contributed by atoms with E-state index in [1.54, 1.807) is 19.5 Å². The van der Waals surface area contributed by atoms with Gasteiger partial charge in [-0.15, -0.1) is 0 Å². The number of hydrogen-bond donors (Lipinski definition) is 1. The number of methoxy groups -OCH3 is 1. The SMILES string of the molecule is COc1nccnc1C(C)CC(C)N. The molecule has 0 aliphatic carbocycles. The van der Waals surface area contributed by atoms with Crippen LogP contribution in [-0.2, 0) is 0 Å². The van der Waals surface area contributed by atoms with Gasteiger partial charge in [0.2, 0.25) is 5.88 Å². The lowest BCUT2D eigenvalue weighted by Crippen LogP contribution is -2.18. The van der Waals surface area contributed by atoms with Gasteiger partial charge in [-0.2, -0.15) is 0 Å². The van der Waals surface area contributed by atoms with Crippen molar-refractivity contribution < 1.29 is 4.74 Å². The zero-order valence-electron chi connectivity index (χ0n) is 8.90. The Kier molecular flexibility index (Phi) is 3.83. The summed E-state index contributed by atoms with van der Waals surface area (Å²) in [4.78, 5) is 8.36. The number of rotatable bonds is 4. The second-order valence-electron chi connectivity index (χ2n) is 3.56. The summed E-state index contributed by atoms with van der Waals surface area (Å²) in [6, 6.07) is 0.164. The van der Waals surface area contributed by atoms with Gasteiger partial charge in [0.15, 0.2) is 0 Å². The maximum Gasteiger partial charge on any atom is 0.235 e. The molecule has 0 aliphatic heterocycles. The van der Waals surface area contributed by atoms with Crippen molar-refractivity contribution in [3.05, 3.63) is 18.1 Å². The summed E-state index contributed by atoms with van der Waals surface area (Å²) >= 11 is 0. The van der Waals surface area contributed by atoms with Gasteiger partial charge in [-0.05, 0) is 13.3 Å². The minimum absolute atomic E-state index is 0.164. The lowest BCUT2D eigenvalue weighted by molar-refractivity contribution is 0.382. The van der Waals surface area contributed by atoms with Gasteiger partial charge < -0.3 is 10.5 Å². The highest BCUT2D eigenvalue weighted by Gasteiger charge is 2.14. The Morgan fingerprint density at radius 1 is 1.36 bits per heavy atom. The van der Waals surface area contributed by atoms with Crippen LogP contribution in [0.5, 0.6) is 5.88 Å². The van der Waals surface area contributed by atoms with E-state index < -0.39 is 0 Å². The van der Waals surface area contributed by atoms with Crippen molar-refractivity contribution >= 4 is 0 Å². The molecule has 1 aromatic heterocycles. The molecule has 14 heavy (non-hydrogen) atoms. The smallest absolute Gasteiger partial charge is 0.235 e. The van der Waals surface area contributed by atoms with Crippen LogP contribution >= 0.6 is 0 Å². The largest absolute Gasteiger partial charge is 0.480 e. The molecule has 0 amide bonds. The molecule has 2 N–H and O–H groups in total. The van der Waals surface area contributed by atoms with Crippen molar-refractivity contribution in [2.75, 3.05) is 7.11 Å². The lowest BCUT2D eigenvalue weighted by atomic mass is 10.00. The van der Waals surface area contributed by atoms with Crippen molar-refractivity contribution in [1.29, 1.82) is 0 Å². The van der Waals surface area contributed by atoms with Crippen molar-refractivity contribution in [3.63, 3.8) is 0 Å². The van der Waals surface area contributed by atoms with E-state index in [-0.39, 0.29) is 12.0 Å². The molecular weight excluding hydrogens is 178 g/mol. The topological polar surface area (TPSA) is 61.0 Å². The molecule has 0 saturated carbocycles. The van der Waals surface area contributed by atoms with Crippen LogP contribution in [0.3, 0.4) is 0 Å². The van der Waals surface area contributed by atoms with E-state index in [0.717, 1.165) is 12.1 Å². The Hall–Kier alpha value is -1.16. The fraction of sp³-hybridized carbons (Fsp3) is 0.600. The van der Waals surface area contributed by atoms with Crippen LogP contribution in [0.1, 0.15) is 31.9 Å². The molecule has 4 nitrogen and oxygen atoms in total. The predicted molar refractivity (Wildman–Crippen MR) is 55.3 cm³/mol. The Bertz CT molecular complexity index is 288. The molecule has 4 heteroatoms. The number of aromatic nitrogens is 2. The number of ether oxygens (including phenoxy) is 1. The maximum atomic E-state index is 5.73. The molecule has 1 aromatic rings. The zero-order valence-corrected chi connectivity index (χ0v) is 8.90. The van der Waals surface area contributed by atoms with Crippen LogP contribution in [0.25, 0.3) is 0 Å². The first-order valence-corrected chi connectivity index (χ1v) is 4.75. The van der Waals surface area contributed by atoms with Gasteiger partial charge in [-0.1, -0.05) is 6.92 Å². The van der Waals surface area contributed by atoms with E-state index in [9.17, 15) is 0 Å². The Balaban J connectivity index is 2.82. The summed E-state index contributed by atoms with van der Waals surface area (Å²) in [6.45, 7) is 4.06. The Labute approximate surface area is 84.5 Å². The minimum Gasteiger partial charge on any atom is -0.480 e. The summed E-state index contributed by atoms with van der Waals surface area (Å²) in [6.07, 6.45) is 4.19. The van der Waals surface area contributed by atoms with Crippen molar-refractivity contribution in [2.45, 2.75) is 32.2 Å².